The van der Waals surface area contributed by atoms with Gasteiger partial charge in [-0.15, -0.1) is 0 Å². The van der Waals surface area contributed by atoms with Crippen molar-refractivity contribution in [2.75, 3.05) is 38.2 Å². The fourth-order valence-corrected chi connectivity index (χ4v) is 2.46. The summed E-state index contributed by atoms with van der Waals surface area (Å²) in [4.78, 5) is 16.0. The van der Waals surface area contributed by atoms with E-state index in [1.165, 1.54) is 0 Å². The Kier molecular flexibility index (Phi) is 4.99. The average Bonchev–Trinajstić information content (AvgIpc) is 2.52. The van der Waals surface area contributed by atoms with Crippen LogP contribution in [-0.2, 0) is 4.74 Å². The minimum atomic E-state index is -0.482. The van der Waals surface area contributed by atoms with E-state index in [1.807, 2.05) is 26.8 Å². The van der Waals surface area contributed by atoms with Crippen LogP contribution in [0.2, 0.25) is 0 Å². The Balaban J connectivity index is 2.02. The molecule has 124 valence electrons. The molecule has 23 heavy (non-hydrogen) atoms. The smallest absolute Gasteiger partial charge is 0.410 e. The second kappa shape index (κ2) is 6.78. The maximum absolute atomic E-state index is 12.1. The molecule has 0 radical (unpaired) electrons. The third kappa shape index (κ3) is 4.28. The number of nitriles is 1. The molecule has 6 heteroatoms. The van der Waals surface area contributed by atoms with Gasteiger partial charge in [-0.2, -0.15) is 5.26 Å². The van der Waals surface area contributed by atoms with E-state index in [9.17, 15) is 4.79 Å². The zero-order valence-electron chi connectivity index (χ0n) is 14.1. The monoisotopic (exact) mass is 317 g/mol. The number of benzene rings is 1. The number of carbonyl (C=O) groups excluding carboxylic acids is 1. The normalized spacial score (nSPS) is 15.1. The highest BCUT2D eigenvalue weighted by Crippen LogP contribution is 2.30. The Bertz CT molecular complexity index is 608. The first-order valence-corrected chi connectivity index (χ1v) is 7.65. The lowest BCUT2D eigenvalue weighted by Crippen LogP contribution is -2.50. The van der Waals surface area contributed by atoms with Gasteiger partial charge in [-0.3, -0.25) is 0 Å². The molecule has 1 aliphatic heterocycles. The predicted molar refractivity (Wildman–Crippen MR) is 87.7 cm³/mol. The first-order valence-electron chi connectivity index (χ1n) is 7.65. The van der Waals surface area contributed by atoms with Gasteiger partial charge in [0.2, 0.25) is 0 Å². The molecule has 0 spiro atoms. The lowest BCUT2D eigenvalue weighted by Gasteiger charge is -2.37. The van der Waals surface area contributed by atoms with E-state index in [4.69, 9.17) is 14.7 Å². The highest BCUT2D eigenvalue weighted by atomic mass is 16.6. The summed E-state index contributed by atoms with van der Waals surface area (Å²) in [6, 6.07) is 7.50. The van der Waals surface area contributed by atoms with E-state index in [1.54, 1.807) is 24.1 Å². The number of rotatable bonds is 2. The van der Waals surface area contributed by atoms with Crippen molar-refractivity contribution >= 4 is 11.8 Å². The largest absolute Gasteiger partial charge is 0.495 e. The highest BCUT2D eigenvalue weighted by molar-refractivity contribution is 5.69. The predicted octanol–water partition coefficient (Wildman–Crippen LogP) is 2.62. The van der Waals surface area contributed by atoms with Crippen LogP contribution in [0.1, 0.15) is 26.3 Å². The first-order chi connectivity index (χ1) is 10.8. The molecule has 1 aromatic rings. The fraction of sp³-hybridized carbons (Fsp3) is 0.529. The van der Waals surface area contributed by atoms with Gasteiger partial charge in [0.25, 0.3) is 0 Å². The minimum absolute atomic E-state index is 0.274. The van der Waals surface area contributed by atoms with E-state index in [2.05, 4.69) is 11.0 Å². The van der Waals surface area contributed by atoms with Crippen molar-refractivity contribution in [1.82, 2.24) is 4.90 Å². The van der Waals surface area contributed by atoms with Crippen molar-refractivity contribution in [1.29, 1.82) is 5.26 Å². The van der Waals surface area contributed by atoms with Crippen LogP contribution >= 0.6 is 0 Å². The summed E-state index contributed by atoms with van der Waals surface area (Å²) in [6.07, 6.45) is -0.274. The van der Waals surface area contributed by atoms with Crippen molar-refractivity contribution in [3.05, 3.63) is 23.8 Å². The van der Waals surface area contributed by atoms with Gasteiger partial charge in [-0.25, -0.2) is 4.79 Å². The lowest BCUT2D eigenvalue weighted by molar-refractivity contribution is 0.0240. The zero-order valence-corrected chi connectivity index (χ0v) is 14.1. The number of hydrogen-bond donors (Lipinski definition) is 0. The maximum Gasteiger partial charge on any atom is 0.410 e. The van der Waals surface area contributed by atoms with E-state index in [-0.39, 0.29) is 6.09 Å². The Morgan fingerprint density at radius 2 is 1.87 bits per heavy atom. The SMILES string of the molecule is COc1cc(C#N)ccc1N1CCN(C(=O)OC(C)(C)C)CC1. The summed E-state index contributed by atoms with van der Waals surface area (Å²) in [5.74, 6) is 0.676. The van der Waals surface area contributed by atoms with Crippen LogP contribution in [0.25, 0.3) is 0 Å². The minimum Gasteiger partial charge on any atom is -0.495 e. The maximum atomic E-state index is 12.1. The molecule has 1 aromatic carbocycles. The molecule has 0 aliphatic carbocycles. The average molecular weight is 317 g/mol. The Labute approximate surface area is 137 Å². The van der Waals surface area contributed by atoms with Gasteiger partial charge in [0, 0.05) is 32.2 Å². The van der Waals surface area contributed by atoms with Gasteiger partial charge >= 0.3 is 6.09 Å². The van der Waals surface area contributed by atoms with Crippen LogP contribution in [0.4, 0.5) is 10.5 Å². The molecule has 1 amide bonds. The van der Waals surface area contributed by atoms with Gasteiger partial charge in [-0.1, -0.05) is 0 Å². The number of anilines is 1. The van der Waals surface area contributed by atoms with Crippen molar-refractivity contribution in [2.45, 2.75) is 26.4 Å². The molecule has 0 N–H and O–H groups in total. The highest BCUT2D eigenvalue weighted by Gasteiger charge is 2.26. The van der Waals surface area contributed by atoms with Crippen molar-refractivity contribution in [2.24, 2.45) is 0 Å². The molecule has 0 atom stereocenters. The third-order valence-corrected chi connectivity index (χ3v) is 3.58. The molecule has 0 aromatic heterocycles. The summed E-state index contributed by atoms with van der Waals surface area (Å²) in [5, 5.41) is 8.97. The number of nitrogens with zero attached hydrogens (tertiary/aromatic N) is 3. The van der Waals surface area contributed by atoms with Gasteiger partial charge in [-0.05, 0) is 32.9 Å². The fourth-order valence-electron chi connectivity index (χ4n) is 2.46. The van der Waals surface area contributed by atoms with E-state index >= 15 is 0 Å². The number of ether oxygens (including phenoxy) is 2. The molecular weight excluding hydrogens is 294 g/mol. The summed E-state index contributed by atoms with van der Waals surface area (Å²) in [5.41, 5.74) is 1.03. The number of carbonyl (C=O) groups is 1. The molecule has 0 saturated carbocycles. The Morgan fingerprint density at radius 1 is 1.22 bits per heavy atom. The topological polar surface area (TPSA) is 65.8 Å². The Morgan fingerprint density at radius 3 is 2.39 bits per heavy atom. The van der Waals surface area contributed by atoms with Crippen LogP contribution in [0.5, 0.6) is 5.75 Å². The number of amides is 1. The first kappa shape index (κ1) is 16.9. The zero-order chi connectivity index (χ0) is 17.0. The molecule has 1 saturated heterocycles. The molecular formula is C17H23N3O3. The van der Waals surface area contributed by atoms with Crippen molar-refractivity contribution < 1.29 is 14.3 Å². The number of piperazine rings is 1. The molecule has 0 unspecified atom stereocenters. The van der Waals surface area contributed by atoms with E-state index < -0.39 is 5.60 Å². The van der Waals surface area contributed by atoms with Crippen molar-refractivity contribution in [3.8, 4) is 11.8 Å². The molecule has 1 aliphatic rings. The van der Waals surface area contributed by atoms with Gasteiger partial charge in [0.1, 0.15) is 11.4 Å². The summed E-state index contributed by atoms with van der Waals surface area (Å²) < 4.78 is 10.8. The second-order valence-electron chi connectivity index (χ2n) is 6.45. The molecule has 1 fully saturated rings. The van der Waals surface area contributed by atoms with Crippen molar-refractivity contribution in [3.63, 3.8) is 0 Å². The lowest BCUT2D eigenvalue weighted by atomic mass is 10.1. The molecule has 2 rings (SSSR count). The van der Waals surface area contributed by atoms with E-state index in [0.29, 0.717) is 37.5 Å². The summed E-state index contributed by atoms with van der Waals surface area (Å²) >= 11 is 0. The van der Waals surface area contributed by atoms with Crippen LogP contribution < -0.4 is 9.64 Å². The third-order valence-electron chi connectivity index (χ3n) is 3.58. The summed E-state index contributed by atoms with van der Waals surface area (Å²) in [6.45, 7) is 8.17. The Hall–Kier alpha value is -2.42. The van der Waals surface area contributed by atoms with Crippen LogP contribution in [0.3, 0.4) is 0 Å². The van der Waals surface area contributed by atoms with Gasteiger partial charge in [0.15, 0.2) is 0 Å². The molecule has 0 bridgehead atoms. The second-order valence-corrected chi connectivity index (χ2v) is 6.45. The molecule has 6 nitrogen and oxygen atoms in total. The van der Waals surface area contributed by atoms with Crippen LogP contribution in [-0.4, -0.2) is 49.9 Å². The quantitative estimate of drug-likeness (QED) is 0.839. The van der Waals surface area contributed by atoms with E-state index in [0.717, 1.165) is 5.69 Å². The van der Waals surface area contributed by atoms with Crippen LogP contribution in [0, 0.1) is 11.3 Å². The van der Waals surface area contributed by atoms with Crippen LogP contribution in [0.15, 0.2) is 18.2 Å². The standard InChI is InChI=1S/C17H23N3O3/c1-17(2,3)23-16(21)20-9-7-19(8-10-20)14-6-5-13(12-18)11-15(14)22-4/h5-6,11H,7-10H2,1-4H3. The number of methoxy groups -OCH3 is 1. The summed E-state index contributed by atoms with van der Waals surface area (Å²) in [7, 11) is 1.59. The van der Waals surface area contributed by atoms with Gasteiger partial charge < -0.3 is 19.3 Å². The number of hydrogen-bond acceptors (Lipinski definition) is 5. The van der Waals surface area contributed by atoms with Gasteiger partial charge in [0.05, 0.1) is 24.4 Å². The molecule has 1 heterocycles.